The van der Waals surface area contributed by atoms with Crippen LogP contribution >= 0.6 is 0 Å². The van der Waals surface area contributed by atoms with Crippen LogP contribution in [0, 0.1) is 0 Å². The molecule has 1 heterocycles. The summed E-state index contributed by atoms with van der Waals surface area (Å²) in [5.74, 6) is 0. The molecule has 1 rings (SSSR count). The van der Waals surface area contributed by atoms with E-state index < -0.39 is 10.4 Å². The molecule has 0 saturated heterocycles. The number of aromatic nitrogens is 2. The molecule has 0 aliphatic carbocycles. The van der Waals surface area contributed by atoms with Gasteiger partial charge in [-0.1, -0.05) is 12.7 Å². The van der Waals surface area contributed by atoms with E-state index in [0.717, 1.165) is 6.54 Å². The fraction of sp³-hybridized carbons (Fsp3) is 0.286. The summed E-state index contributed by atoms with van der Waals surface area (Å²) < 4.78 is 36.9. The Balaban J connectivity index is 0.000000292. The fourth-order valence-electron chi connectivity index (χ4n) is 0.759. The van der Waals surface area contributed by atoms with Crippen molar-refractivity contribution >= 4 is 10.4 Å². The van der Waals surface area contributed by atoms with Crippen molar-refractivity contribution in [1.82, 2.24) is 4.57 Å². The third-order valence-corrected chi connectivity index (χ3v) is 1.16. The molecule has 0 aliphatic rings. The Labute approximate surface area is 82.7 Å². The van der Waals surface area contributed by atoms with E-state index >= 15 is 0 Å². The topological polar surface area (TPSA) is 86.2 Å². The molecule has 7 heteroatoms. The third-order valence-electron chi connectivity index (χ3n) is 1.16. The Kier molecular flexibility index (Phi) is 5.06. The van der Waals surface area contributed by atoms with E-state index in [-0.39, 0.29) is 0 Å². The summed E-state index contributed by atoms with van der Waals surface area (Å²) in [6.45, 7) is 4.52. The van der Waals surface area contributed by atoms with Crippen molar-refractivity contribution in [3.63, 3.8) is 0 Å². The molecular weight excluding hydrogens is 208 g/mol. The number of rotatable bonds is 2. The number of aryl methyl sites for hydroxylation is 1. The van der Waals surface area contributed by atoms with Gasteiger partial charge in [0.2, 0.25) is 16.7 Å². The lowest BCUT2D eigenvalue weighted by Crippen LogP contribution is -2.23. The van der Waals surface area contributed by atoms with E-state index in [9.17, 15) is 0 Å². The Morgan fingerprint density at radius 2 is 2.21 bits per heavy atom. The van der Waals surface area contributed by atoms with Crippen LogP contribution in [0.4, 0.5) is 0 Å². The molecule has 6 nitrogen and oxygen atoms in total. The number of hydrogen-bond acceptors (Lipinski definition) is 3. The normalized spacial score (nSPS) is 10.2. The predicted octanol–water partition coefficient (Wildman–Crippen LogP) is -0.497. The van der Waals surface area contributed by atoms with E-state index in [2.05, 4.69) is 11.1 Å². The number of imidazole rings is 1. The van der Waals surface area contributed by atoms with Gasteiger partial charge in [-0.3, -0.25) is 4.55 Å². The monoisotopic (exact) mass is 220 g/mol. The Bertz CT molecular complexity index is 374. The first-order valence-corrected chi connectivity index (χ1v) is 4.99. The maximum atomic E-state index is 8.63. The molecule has 0 radical (unpaired) electrons. The van der Waals surface area contributed by atoms with Gasteiger partial charge in [-0.05, 0) is 0 Å². The lowest BCUT2D eigenvalue weighted by molar-refractivity contribution is -0.671. The summed E-state index contributed by atoms with van der Waals surface area (Å²) in [6, 6.07) is 0. The molecule has 0 aromatic carbocycles. The quantitative estimate of drug-likeness (QED) is 0.315. The standard InChI is InChI=1S/C7H11N2.H2O4S/c1-3-4-9-6-5-8(2)7-9;1-5(2,3)4/h3,5-7H,1,4H2,2H3;(H2,1,2,3,4)/q+1;/p-1. The van der Waals surface area contributed by atoms with Crippen molar-refractivity contribution in [1.29, 1.82) is 0 Å². The van der Waals surface area contributed by atoms with Crippen LogP contribution in [0.3, 0.4) is 0 Å². The lowest BCUT2D eigenvalue weighted by Gasteiger charge is -1.88. The molecule has 1 aromatic rings. The molecule has 1 aromatic heterocycles. The maximum Gasteiger partial charge on any atom is 0.243 e. The van der Waals surface area contributed by atoms with E-state index in [4.69, 9.17) is 17.5 Å². The molecule has 14 heavy (non-hydrogen) atoms. The van der Waals surface area contributed by atoms with Crippen molar-refractivity contribution in [3.05, 3.63) is 31.4 Å². The summed E-state index contributed by atoms with van der Waals surface area (Å²) in [7, 11) is -2.92. The number of allylic oxidation sites excluding steroid dienone is 1. The van der Waals surface area contributed by atoms with Crippen LogP contribution in [0.15, 0.2) is 31.4 Å². The second-order valence-electron chi connectivity index (χ2n) is 2.49. The van der Waals surface area contributed by atoms with Gasteiger partial charge in [0.25, 0.3) is 0 Å². The van der Waals surface area contributed by atoms with Gasteiger partial charge in [0.15, 0.2) is 0 Å². The minimum atomic E-state index is -4.92. The average Bonchev–Trinajstić information content (AvgIpc) is 2.32. The summed E-state index contributed by atoms with van der Waals surface area (Å²) >= 11 is 0. The van der Waals surface area contributed by atoms with Crippen molar-refractivity contribution in [2.45, 2.75) is 6.54 Å². The summed E-state index contributed by atoms with van der Waals surface area (Å²) in [6.07, 6.45) is 7.91. The summed E-state index contributed by atoms with van der Waals surface area (Å²) in [4.78, 5) is 0. The van der Waals surface area contributed by atoms with Crippen molar-refractivity contribution in [2.75, 3.05) is 0 Å². The number of hydrogen-bond donors (Lipinski definition) is 1. The molecule has 0 amide bonds. The molecule has 0 fully saturated rings. The van der Waals surface area contributed by atoms with E-state index in [1.54, 1.807) is 0 Å². The zero-order valence-electron chi connectivity index (χ0n) is 7.70. The van der Waals surface area contributed by atoms with Crippen LogP contribution in [-0.2, 0) is 24.0 Å². The largest absolute Gasteiger partial charge is 0.726 e. The first-order chi connectivity index (χ1) is 6.33. The smallest absolute Gasteiger partial charge is 0.243 e. The van der Waals surface area contributed by atoms with Gasteiger partial charge >= 0.3 is 0 Å². The van der Waals surface area contributed by atoms with Crippen LogP contribution in [-0.4, -0.2) is 22.1 Å². The first kappa shape index (κ1) is 12.8. The first-order valence-electron chi connectivity index (χ1n) is 3.63. The van der Waals surface area contributed by atoms with Crippen LogP contribution in [0.5, 0.6) is 0 Å². The zero-order valence-corrected chi connectivity index (χ0v) is 8.51. The van der Waals surface area contributed by atoms with Crippen molar-refractivity contribution < 1.29 is 22.1 Å². The molecule has 0 aliphatic heterocycles. The second kappa shape index (κ2) is 5.53. The molecule has 80 valence electrons. The molecule has 0 spiro atoms. The van der Waals surface area contributed by atoms with Gasteiger partial charge in [0.1, 0.15) is 18.9 Å². The lowest BCUT2D eigenvalue weighted by atomic mass is 10.6. The minimum absolute atomic E-state index is 0.890. The molecule has 0 atom stereocenters. The Morgan fingerprint density at radius 3 is 2.50 bits per heavy atom. The minimum Gasteiger partial charge on any atom is -0.726 e. The van der Waals surface area contributed by atoms with Gasteiger partial charge in [0.05, 0.1) is 7.05 Å². The average molecular weight is 220 g/mol. The van der Waals surface area contributed by atoms with Crippen LogP contribution in [0.2, 0.25) is 0 Å². The highest BCUT2D eigenvalue weighted by molar-refractivity contribution is 7.79. The molecule has 0 unspecified atom stereocenters. The SMILES string of the molecule is C=CCn1cc[n+](C)c1.O=S(=O)([O-])O. The highest BCUT2D eigenvalue weighted by Gasteiger charge is 1.93. The Hall–Kier alpha value is -1.18. The molecule has 1 N–H and O–H groups in total. The Morgan fingerprint density at radius 1 is 1.71 bits per heavy atom. The van der Waals surface area contributed by atoms with Gasteiger partial charge in [-0.25, -0.2) is 17.6 Å². The fourth-order valence-corrected chi connectivity index (χ4v) is 0.759. The summed E-state index contributed by atoms with van der Waals surface area (Å²) in [5.41, 5.74) is 0. The molecule has 0 bridgehead atoms. The van der Waals surface area contributed by atoms with Crippen molar-refractivity contribution in [3.8, 4) is 0 Å². The molecular formula is C7H12N2O4S. The highest BCUT2D eigenvalue weighted by atomic mass is 32.3. The van der Waals surface area contributed by atoms with E-state index in [1.807, 2.05) is 36.4 Å². The van der Waals surface area contributed by atoms with Crippen molar-refractivity contribution in [2.24, 2.45) is 7.05 Å². The maximum absolute atomic E-state index is 8.63. The van der Waals surface area contributed by atoms with Gasteiger partial charge in [-0.15, -0.1) is 0 Å². The van der Waals surface area contributed by atoms with Crippen LogP contribution in [0.1, 0.15) is 0 Å². The van der Waals surface area contributed by atoms with Crippen LogP contribution < -0.4 is 4.57 Å². The third kappa shape index (κ3) is 8.91. The molecule has 0 saturated carbocycles. The second-order valence-corrected chi connectivity index (χ2v) is 3.35. The number of nitrogens with zero attached hydrogens (tertiary/aromatic N) is 2. The predicted molar refractivity (Wildman–Crippen MR) is 48.1 cm³/mol. The van der Waals surface area contributed by atoms with Crippen LogP contribution in [0.25, 0.3) is 0 Å². The van der Waals surface area contributed by atoms with Gasteiger partial charge < -0.3 is 4.55 Å². The van der Waals surface area contributed by atoms with E-state index in [0.29, 0.717) is 0 Å². The van der Waals surface area contributed by atoms with Gasteiger partial charge in [-0.2, -0.15) is 0 Å². The van der Waals surface area contributed by atoms with E-state index in [1.165, 1.54) is 0 Å². The van der Waals surface area contributed by atoms with Gasteiger partial charge in [0, 0.05) is 0 Å². The zero-order chi connectivity index (χ0) is 11.2. The summed E-state index contributed by atoms with van der Waals surface area (Å²) in [5, 5.41) is 0. The highest BCUT2D eigenvalue weighted by Crippen LogP contribution is 1.81.